The number of furan rings is 1. The summed E-state index contributed by atoms with van der Waals surface area (Å²) in [6, 6.07) is 9.28. The van der Waals surface area contributed by atoms with Gasteiger partial charge in [-0.3, -0.25) is 0 Å². The molecule has 0 aliphatic carbocycles. The van der Waals surface area contributed by atoms with Crippen LogP contribution in [-0.2, 0) is 18.0 Å². The van der Waals surface area contributed by atoms with Crippen molar-refractivity contribution in [3.05, 3.63) is 52.9 Å². The summed E-state index contributed by atoms with van der Waals surface area (Å²) in [5.41, 5.74) is 8.03. The van der Waals surface area contributed by atoms with Crippen LogP contribution in [-0.4, -0.2) is 4.57 Å². The molecule has 2 aliphatic heterocycles. The largest absolute Gasteiger partial charge is 0.448 e. The van der Waals surface area contributed by atoms with Crippen LogP contribution in [0.3, 0.4) is 0 Å². The lowest BCUT2D eigenvalue weighted by Gasteiger charge is -2.62. The topological polar surface area (TPSA) is 21.3 Å². The molecule has 3 nitrogen and oxygen atoms in total. The number of aryl methyl sites for hydroxylation is 2. The van der Waals surface area contributed by atoms with Gasteiger partial charge in [0.1, 0.15) is 0 Å². The number of para-hydroxylation sites is 1. The van der Waals surface area contributed by atoms with Gasteiger partial charge in [0.25, 0.3) is 0 Å². The zero-order chi connectivity index (χ0) is 19.5. The smallest absolute Gasteiger partial charge is 0.206 e. The molecular formula is C24H30N2O. The van der Waals surface area contributed by atoms with Crippen LogP contribution in [0.4, 0.5) is 5.69 Å². The molecule has 3 aromatic rings. The maximum atomic E-state index is 5.88. The Morgan fingerprint density at radius 2 is 1.74 bits per heavy atom. The van der Waals surface area contributed by atoms with Crippen molar-refractivity contribution < 1.29 is 4.42 Å². The average molecular weight is 363 g/mol. The predicted octanol–water partition coefficient (Wildman–Crippen LogP) is 6.19. The monoisotopic (exact) mass is 362 g/mol. The molecule has 0 bridgehead atoms. The van der Waals surface area contributed by atoms with Crippen molar-refractivity contribution in [1.29, 1.82) is 0 Å². The van der Waals surface area contributed by atoms with Gasteiger partial charge in [-0.15, -0.1) is 0 Å². The van der Waals surface area contributed by atoms with Gasteiger partial charge in [0, 0.05) is 34.8 Å². The van der Waals surface area contributed by atoms with Crippen LogP contribution in [0.25, 0.3) is 11.1 Å². The molecular weight excluding hydrogens is 332 g/mol. The molecule has 5 rings (SSSR count). The fourth-order valence-electron chi connectivity index (χ4n) is 6.26. The lowest BCUT2D eigenvalue weighted by atomic mass is 9.51. The molecule has 4 heterocycles. The molecule has 142 valence electrons. The number of aromatic nitrogens is 1. The molecule has 0 fully saturated rings. The van der Waals surface area contributed by atoms with Gasteiger partial charge in [-0.1, -0.05) is 45.9 Å². The van der Waals surface area contributed by atoms with E-state index in [2.05, 4.69) is 89.2 Å². The molecule has 2 aliphatic rings. The third kappa shape index (κ3) is 1.54. The summed E-state index contributed by atoms with van der Waals surface area (Å²) >= 11 is 0. The van der Waals surface area contributed by atoms with Crippen molar-refractivity contribution in [1.82, 2.24) is 4.57 Å². The van der Waals surface area contributed by atoms with E-state index < -0.39 is 0 Å². The Balaban J connectivity index is 1.97. The number of rotatable bonds is 0. The first-order valence-electron chi connectivity index (χ1n) is 10.0. The Bertz CT molecular complexity index is 1100. The van der Waals surface area contributed by atoms with Crippen molar-refractivity contribution in [2.75, 3.05) is 4.90 Å². The minimum absolute atomic E-state index is 0.0197. The maximum Gasteiger partial charge on any atom is 0.206 e. The van der Waals surface area contributed by atoms with Crippen molar-refractivity contribution >= 4 is 16.8 Å². The van der Waals surface area contributed by atoms with Crippen LogP contribution < -0.4 is 4.90 Å². The number of fused-ring (bicyclic) bond motifs is 7. The summed E-state index contributed by atoms with van der Waals surface area (Å²) in [4.78, 5) is 2.71. The minimum atomic E-state index is -0.117. The minimum Gasteiger partial charge on any atom is -0.448 e. The Labute approximate surface area is 162 Å². The Kier molecular flexibility index (Phi) is 2.91. The highest BCUT2D eigenvalue weighted by Gasteiger charge is 2.65. The normalized spacial score (nSPS) is 27.6. The van der Waals surface area contributed by atoms with E-state index in [1.165, 1.54) is 33.5 Å². The summed E-state index contributed by atoms with van der Waals surface area (Å²) in [5.74, 6) is 0. The highest BCUT2D eigenvalue weighted by Crippen LogP contribution is 2.68. The second-order valence-electron chi connectivity index (χ2n) is 9.80. The van der Waals surface area contributed by atoms with Crippen molar-refractivity contribution in [2.24, 2.45) is 12.5 Å². The van der Waals surface area contributed by atoms with Gasteiger partial charge in [0.15, 0.2) is 0 Å². The van der Waals surface area contributed by atoms with Crippen LogP contribution in [0.2, 0.25) is 0 Å². The molecule has 2 atom stereocenters. The van der Waals surface area contributed by atoms with E-state index >= 15 is 0 Å². The van der Waals surface area contributed by atoms with Crippen molar-refractivity contribution in [3.8, 4) is 0 Å². The molecule has 3 heteroatoms. The molecule has 1 unspecified atom stereocenters. The van der Waals surface area contributed by atoms with E-state index in [0.29, 0.717) is 6.04 Å². The van der Waals surface area contributed by atoms with Crippen molar-refractivity contribution in [3.63, 3.8) is 0 Å². The highest BCUT2D eigenvalue weighted by molar-refractivity contribution is 5.87. The summed E-state index contributed by atoms with van der Waals surface area (Å²) in [7, 11) is 2.15. The summed E-state index contributed by atoms with van der Waals surface area (Å²) in [6.45, 7) is 16.8. The average Bonchev–Trinajstić information content (AvgIpc) is 3.22. The molecule has 0 radical (unpaired) electrons. The maximum absolute atomic E-state index is 5.88. The van der Waals surface area contributed by atoms with Crippen LogP contribution in [0, 0.1) is 12.3 Å². The zero-order valence-corrected chi connectivity index (χ0v) is 17.8. The summed E-state index contributed by atoms with van der Waals surface area (Å²) in [6.07, 6.45) is 1.84. The number of benzene rings is 1. The number of anilines is 1. The van der Waals surface area contributed by atoms with Gasteiger partial charge >= 0.3 is 0 Å². The zero-order valence-electron chi connectivity index (χ0n) is 17.8. The molecule has 0 amide bonds. The number of hydrogen-bond donors (Lipinski definition) is 0. The van der Waals surface area contributed by atoms with Gasteiger partial charge in [0.2, 0.25) is 5.71 Å². The van der Waals surface area contributed by atoms with E-state index in [1.807, 2.05) is 6.26 Å². The molecule has 2 aromatic heterocycles. The fraction of sp³-hybridized carbons (Fsp3) is 0.500. The standard InChI is InChI=1S/C24H30N2O/c1-14-10-9-11-17-19(14)26-15(2)20-18(16-12-13-27-21(16)25(20)8)24(26,7)23(5,6)22(17,3)4/h9-13,15H,1-8H3/t15-,24?/m0/s1. The van der Waals surface area contributed by atoms with Crippen LogP contribution in [0.1, 0.15) is 70.0 Å². The first-order valence-corrected chi connectivity index (χ1v) is 10.0. The third-order valence-electron chi connectivity index (χ3n) is 8.52. The van der Waals surface area contributed by atoms with E-state index in [0.717, 1.165) is 5.71 Å². The molecule has 0 saturated carbocycles. The van der Waals surface area contributed by atoms with Gasteiger partial charge < -0.3 is 13.9 Å². The Morgan fingerprint density at radius 1 is 1.04 bits per heavy atom. The molecule has 0 spiro atoms. The highest BCUT2D eigenvalue weighted by atomic mass is 16.3. The summed E-state index contributed by atoms with van der Waals surface area (Å²) in [5, 5.41) is 1.27. The molecule has 1 aromatic carbocycles. The van der Waals surface area contributed by atoms with Crippen molar-refractivity contribution in [2.45, 2.75) is 65.5 Å². The first kappa shape index (κ1) is 17.0. The lowest BCUT2D eigenvalue weighted by Crippen LogP contribution is -2.62. The third-order valence-corrected chi connectivity index (χ3v) is 8.52. The first-order chi connectivity index (χ1) is 12.6. The lowest BCUT2D eigenvalue weighted by molar-refractivity contribution is 0.0660. The second kappa shape index (κ2) is 4.63. The predicted molar refractivity (Wildman–Crippen MR) is 111 cm³/mol. The van der Waals surface area contributed by atoms with E-state index in [-0.39, 0.29) is 16.4 Å². The molecule has 0 N–H and O–H groups in total. The second-order valence-corrected chi connectivity index (χ2v) is 9.80. The Morgan fingerprint density at radius 3 is 2.44 bits per heavy atom. The molecule has 27 heavy (non-hydrogen) atoms. The quantitative estimate of drug-likeness (QED) is 0.475. The van der Waals surface area contributed by atoms with Crippen LogP contribution in [0.5, 0.6) is 0 Å². The molecule has 0 saturated heterocycles. The van der Waals surface area contributed by atoms with Crippen LogP contribution in [0.15, 0.2) is 34.9 Å². The van der Waals surface area contributed by atoms with Gasteiger partial charge in [0.05, 0.1) is 17.8 Å². The fourth-order valence-corrected chi connectivity index (χ4v) is 6.26. The number of nitrogens with zero attached hydrogens (tertiary/aromatic N) is 2. The van der Waals surface area contributed by atoms with Gasteiger partial charge in [-0.2, -0.15) is 0 Å². The van der Waals surface area contributed by atoms with E-state index in [4.69, 9.17) is 4.42 Å². The van der Waals surface area contributed by atoms with Gasteiger partial charge in [-0.25, -0.2) is 0 Å². The van der Waals surface area contributed by atoms with E-state index in [1.54, 1.807) is 0 Å². The van der Waals surface area contributed by atoms with Gasteiger partial charge in [-0.05, 0) is 43.4 Å². The number of hydrogen-bond acceptors (Lipinski definition) is 2. The SMILES string of the molecule is Cc1cccc2c1N1[C@@H](C)c3c(c4ccoc4n3C)C1(C)C(C)(C)C2(C)C. The Hall–Kier alpha value is -2.16. The van der Waals surface area contributed by atoms with E-state index in [9.17, 15) is 0 Å². The summed E-state index contributed by atoms with van der Waals surface area (Å²) < 4.78 is 8.15. The van der Waals surface area contributed by atoms with Crippen LogP contribution >= 0.6 is 0 Å².